The quantitative estimate of drug-likeness (QED) is 0.541. The number of hydrogen-bond acceptors (Lipinski definition) is 6. The highest BCUT2D eigenvalue weighted by molar-refractivity contribution is 6.37. The summed E-state index contributed by atoms with van der Waals surface area (Å²) in [5.74, 6) is -1.67. The number of hydrogen-bond donors (Lipinski definition) is 2. The Balaban J connectivity index is 3.23. The van der Waals surface area contributed by atoms with Crippen LogP contribution in [0.2, 0.25) is 0 Å². The van der Waals surface area contributed by atoms with Crippen LogP contribution in [0.4, 0.5) is 11.4 Å². The molecule has 0 fully saturated rings. The molecule has 8 heteroatoms. The summed E-state index contributed by atoms with van der Waals surface area (Å²) in [5, 5.41) is 5.22. The molecule has 0 atom stereocenters. The van der Waals surface area contributed by atoms with Crippen LogP contribution in [0, 0.1) is 5.92 Å². The number of esters is 1. The van der Waals surface area contributed by atoms with Gasteiger partial charge in [0.25, 0.3) is 0 Å². The summed E-state index contributed by atoms with van der Waals surface area (Å²) in [4.78, 5) is 35.5. The van der Waals surface area contributed by atoms with Gasteiger partial charge in [-0.15, -0.1) is 0 Å². The van der Waals surface area contributed by atoms with Crippen LogP contribution >= 0.6 is 0 Å². The Bertz CT molecular complexity index is 657. The largest absolute Gasteiger partial charge is 0.492 e. The lowest BCUT2D eigenvalue weighted by Crippen LogP contribution is -2.25. The molecule has 2 N–H and O–H groups in total. The fraction of sp³-hybridized carbons (Fsp3) is 0.500. The minimum Gasteiger partial charge on any atom is -0.492 e. The summed E-state index contributed by atoms with van der Waals surface area (Å²) < 4.78 is 15.7. The zero-order valence-electron chi connectivity index (χ0n) is 15.8. The average Bonchev–Trinajstić information content (AvgIpc) is 2.58. The maximum absolute atomic E-state index is 12.0. The van der Waals surface area contributed by atoms with Crippen LogP contribution in [0.1, 0.15) is 34.6 Å². The molecule has 0 saturated carbocycles. The topological polar surface area (TPSA) is 103 Å². The Labute approximate surface area is 153 Å². The lowest BCUT2D eigenvalue weighted by Gasteiger charge is -2.18. The minimum atomic E-state index is -0.995. The van der Waals surface area contributed by atoms with Crippen molar-refractivity contribution in [1.82, 2.24) is 0 Å². The second-order valence-electron chi connectivity index (χ2n) is 5.53. The number of carbonyl (C=O) groups is 3. The van der Waals surface area contributed by atoms with E-state index in [9.17, 15) is 14.4 Å². The fourth-order valence-corrected chi connectivity index (χ4v) is 1.95. The Morgan fingerprint density at radius 2 is 1.38 bits per heavy atom. The van der Waals surface area contributed by atoms with Gasteiger partial charge in [-0.05, 0) is 20.8 Å². The van der Waals surface area contributed by atoms with E-state index < -0.39 is 11.9 Å². The zero-order chi connectivity index (χ0) is 19.7. The highest BCUT2D eigenvalue weighted by Gasteiger charge is 2.20. The maximum atomic E-state index is 12.0. The first kappa shape index (κ1) is 21.3. The number of nitrogens with one attached hydrogen (secondary N) is 2. The smallest absolute Gasteiger partial charge is 0.397 e. The molecule has 1 aromatic carbocycles. The van der Waals surface area contributed by atoms with Gasteiger partial charge in [-0.25, -0.2) is 4.79 Å². The van der Waals surface area contributed by atoms with Crippen molar-refractivity contribution < 1.29 is 28.6 Å². The zero-order valence-corrected chi connectivity index (χ0v) is 15.8. The Kier molecular flexibility index (Phi) is 8.41. The van der Waals surface area contributed by atoms with Crippen LogP contribution in [0.25, 0.3) is 0 Å². The molecule has 144 valence electrons. The molecule has 2 amide bonds. The molecular formula is C18H26N2O6. The number of benzene rings is 1. The van der Waals surface area contributed by atoms with Crippen molar-refractivity contribution in [2.45, 2.75) is 34.6 Å². The molecule has 0 radical (unpaired) electrons. The molecule has 0 aliphatic rings. The third kappa shape index (κ3) is 5.94. The molecule has 0 aliphatic carbocycles. The van der Waals surface area contributed by atoms with Crippen LogP contribution in [0.5, 0.6) is 11.5 Å². The van der Waals surface area contributed by atoms with Gasteiger partial charge in [0.2, 0.25) is 5.91 Å². The van der Waals surface area contributed by atoms with Crippen molar-refractivity contribution in [2.24, 2.45) is 5.92 Å². The van der Waals surface area contributed by atoms with Gasteiger partial charge in [-0.1, -0.05) is 13.8 Å². The van der Waals surface area contributed by atoms with E-state index in [4.69, 9.17) is 9.47 Å². The molecular weight excluding hydrogens is 340 g/mol. The van der Waals surface area contributed by atoms with Gasteiger partial charge >= 0.3 is 11.9 Å². The molecule has 8 nitrogen and oxygen atoms in total. The summed E-state index contributed by atoms with van der Waals surface area (Å²) in [7, 11) is 0. The molecule has 1 rings (SSSR count). The van der Waals surface area contributed by atoms with E-state index in [-0.39, 0.29) is 24.1 Å². The number of carbonyl (C=O) groups excluding carboxylic acids is 3. The van der Waals surface area contributed by atoms with E-state index in [1.54, 1.807) is 40.7 Å². The SMILES string of the molecule is CCOC(=O)C(=O)Nc1cc(OCC)c(NC(=O)C(C)C)cc1OCC. The van der Waals surface area contributed by atoms with Gasteiger partial charge in [-0.3, -0.25) is 9.59 Å². The van der Waals surface area contributed by atoms with Crippen molar-refractivity contribution in [3.05, 3.63) is 12.1 Å². The second-order valence-corrected chi connectivity index (χ2v) is 5.53. The van der Waals surface area contributed by atoms with Gasteiger partial charge in [0.05, 0.1) is 31.2 Å². The summed E-state index contributed by atoms with van der Waals surface area (Å²) in [6.45, 7) is 9.49. The van der Waals surface area contributed by atoms with Crippen LogP contribution < -0.4 is 20.1 Å². The molecule has 0 saturated heterocycles. The summed E-state index contributed by atoms with van der Waals surface area (Å²) in [5.41, 5.74) is 0.666. The number of anilines is 2. The van der Waals surface area contributed by atoms with Crippen molar-refractivity contribution in [2.75, 3.05) is 30.5 Å². The monoisotopic (exact) mass is 366 g/mol. The standard InChI is InChI=1S/C18H26N2O6/c1-6-24-14-10-13(20-17(22)18(23)26-8-3)15(25-7-2)9-12(14)19-16(21)11(4)5/h9-11H,6-8H2,1-5H3,(H,19,21)(H,20,22). The predicted molar refractivity (Wildman–Crippen MR) is 97.5 cm³/mol. The van der Waals surface area contributed by atoms with Crippen LogP contribution in [-0.2, 0) is 19.1 Å². The molecule has 0 spiro atoms. The average molecular weight is 366 g/mol. The summed E-state index contributed by atoms with van der Waals surface area (Å²) in [6, 6.07) is 3.05. The summed E-state index contributed by atoms with van der Waals surface area (Å²) in [6.07, 6.45) is 0. The molecule has 26 heavy (non-hydrogen) atoms. The van der Waals surface area contributed by atoms with Crippen LogP contribution in [0.15, 0.2) is 12.1 Å². The fourth-order valence-electron chi connectivity index (χ4n) is 1.95. The molecule has 0 unspecified atom stereocenters. The van der Waals surface area contributed by atoms with E-state index in [1.807, 2.05) is 0 Å². The normalized spacial score (nSPS) is 10.2. The minimum absolute atomic E-state index is 0.0922. The summed E-state index contributed by atoms with van der Waals surface area (Å²) >= 11 is 0. The first-order chi connectivity index (χ1) is 12.3. The Morgan fingerprint density at radius 3 is 1.81 bits per heavy atom. The van der Waals surface area contributed by atoms with Crippen molar-refractivity contribution in [1.29, 1.82) is 0 Å². The molecule has 0 aliphatic heterocycles. The van der Waals surface area contributed by atoms with Crippen molar-refractivity contribution in [3.63, 3.8) is 0 Å². The van der Waals surface area contributed by atoms with Gasteiger partial charge in [0, 0.05) is 18.1 Å². The number of amides is 2. The van der Waals surface area contributed by atoms with Gasteiger partial charge in [0.15, 0.2) is 0 Å². The van der Waals surface area contributed by atoms with E-state index in [1.165, 1.54) is 6.07 Å². The Morgan fingerprint density at radius 1 is 0.885 bits per heavy atom. The first-order valence-electron chi connectivity index (χ1n) is 8.56. The van der Waals surface area contributed by atoms with E-state index >= 15 is 0 Å². The molecule has 0 heterocycles. The van der Waals surface area contributed by atoms with E-state index in [2.05, 4.69) is 15.4 Å². The number of rotatable bonds is 8. The second kappa shape index (κ2) is 10.3. The highest BCUT2D eigenvalue weighted by Crippen LogP contribution is 2.37. The predicted octanol–water partition coefficient (Wildman–Crippen LogP) is 2.58. The van der Waals surface area contributed by atoms with E-state index in [0.29, 0.717) is 30.4 Å². The molecule has 0 aromatic heterocycles. The van der Waals surface area contributed by atoms with Gasteiger partial charge in [-0.2, -0.15) is 0 Å². The highest BCUT2D eigenvalue weighted by atomic mass is 16.5. The van der Waals surface area contributed by atoms with Crippen LogP contribution in [0.3, 0.4) is 0 Å². The van der Waals surface area contributed by atoms with Crippen LogP contribution in [-0.4, -0.2) is 37.6 Å². The van der Waals surface area contributed by atoms with Gasteiger partial charge in [0.1, 0.15) is 11.5 Å². The van der Waals surface area contributed by atoms with Gasteiger partial charge < -0.3 is 24.8 Å². The van der Waals surface area contributed by atoms with E-state index in [0.717, 1.165) is 0 Å². The first-order valence-corrected chi connectivity index (χ1v) is 8.56. The lowest BCUT2D eigenvalue weighted by molar-refractivity contribution is -0.152. The third-order valence-corrected chi connectivity index (χ3v) is 3.17. The van der Waals surface area contributed by atoms with Crippen molar-refractivity contribution >= 4 is 29.2 Å². The lowest BCUT2D eigenvalue weighted by atomic mass is 10.2. The Hall–Kier alpha value is -2.77. The molecule has 0 bridgehead atoms. The van der Waals surface area contributed by atoms with Crippen molar-refractivity contribution in [3.8, 4) is 11.5 Å². The third-order valence-electron chi connectivity index (χ3n) is 3.17. The molecule has 1 aromatic rings. The maximum Gasteiger partial charge on any atom is 0.397 e. The number of ether oxygens (including phenoxy) is 3.